The lowest BCUT2D eigenvalue weighted by molar-refractivity contribution is -0.191. The third-order valence-electron chi connectivity index (χ3n) is 3.35. The molecule has 1 aromatic carbocycles. The smallest absolute Gasteiger partial charge is 0.216 e. The monoisotopic (exact) mass is 296 g/mol. The number of aliphatic hydroxyl groups is 1. The van der Waals surface area contributed by atoms with Gasteiger partial charge in [-0.2, -0.15) is 0 Å². The van der Waals surface area contributed by atoms with Crippen LogP contribution in [0.4, 0.5) is 8.78 Å². The number of nitrogens with zero attached hydrogens (tertiary/aromatic N) is 2. The Hall–Kier alpha value is -1.83. The number of hydrogen-bond donors (Lipinski definition) is 1. The summed E-state index contributed by atoms with van der Waals surface area (Å²) in [5, 5.41) is 9.21. The maximum absolute atomic E-state index is 14.1. The third kappa shape index (κ3) is 2.67. The molecule has 1 N–H and O–H groups in total. The molecule has 2 atom stereocenters. The standard InChI is InChI=1S/C14H14F2N2O3/c15-10-1-2-12(13(16)5-10)14(8-18-4-3-17-9-18)20-7-11(6-19)21-14/h1-5,9,11,19H,6-8H2/t11-,14-/m1/s1. The summed E-state index contributed by atoms with van der Waals surface area (Å²) in [4.78, 5) is 3.91. The van der Waals surface area contributed by atoms with E-state index < -0.39 is 23.5 Å². The molecule has 0 saturated carbocycles. The van der Waals surface area contributed by atoms with Crippen LogP contribution in [0.25, 0.3) is 0 Å². The number of halogens is 2. The Labute approximate surface area is 119 Å². The minimum absolute atomic E-state index is 0.0913. The lowest BCUT2D eigenvalue weighted by atomic mass is 10.0. The first kappa shape index (κ1) is 14.1. The zero-order valence-corrected chi connectivity index (χ0v) is 11.1. The van der Waals surface area contributed by atoms with Gasteiger partial charge in [-0.3, -0.25) is 0 Å². The van der Waals surface area contributed by atoms with E-state index in [1.807, 2.05) is 0 Å². The summed E-state index contributed by atoms with van der Waals surface area (Å²) in [6, 6.07) is 3.22. The van der Waals surface area contributed by atoms with Gasteiger partial charge in [0.05, 0.1) is 26.1 Å². The maximum atomic E-state index is 14.1. The summed E-state index contributed by atoms with van der Waals surface area (Å²) in [5.41, 5.74) is 0.0913. The molecule has 1 aliphatic rings. The normalized spacial score (nSPS) is 25.4. The van der Waals surface area contributed by atoms with Crippen LogP contribution in [0.5, 0.6) is 0 Å². The van der Waals surface area contributed by atoms with Gasteiger partial charge < -0.3 is 19.1 Å². The van der Waals surface area contributed by atoms with Crippen LogP contribution in [-0.4, -0.2) is 34.0 Å². The zero-order chi connectivity index (χ0) is 14.9. The second kappa shape index (κ2) is 5.51. The lowest BCUT2D eigenvalue weighted by Gasteiger charge is -2.29. The van der Waals surface area contributed by atoms with Crippen molar-refractivity contribution in [3.8, 4) is 0 Å². The average Bonchev–Trinajstić information content (AvgIpc) is 3.09. The first-order chi connectivity index (χ1) is 10.1. The van der Waals surface area contributed by atoms with E-state index in [9.17, 15) is 13.9 Å². The van der Waals surface area contributed by atoms with E-state index >= 15 is 0 Å². The van der Waals surface area contributed by atoms with Gasteiger partial charge in [0.15, 0.2) is 0 Å². The van der Waals surface area contributed by atoms with E-state index in [4.69, 9.17) is 9.47 Å². The predicted octanol–water partition coefficient (Wildman–Crippen LogP) is 1.42. The topological polar surface area (TPSA) is 56.5 Å². The van der Waals surface area contributed by atoms with E-state index in [-0.39, 0.29) is 25.3 Å². The fourth-order valence-electron chi connectivity index (χ4n) is 2.38. The van der Waals surface area contributed by atoms with Crippen molar-refractivity contribution in [1.82, 2.24) is 9.55 Å². The molecule has 1 saturated heterocycles. The molecular formula is C14H14F2N2O3. The highest BCUT2D eigenvalue weighted by molar-refractivity contribution is 5.24. The van der Waals surface area contributed by atoms with Crippen LogP contribution in [0.1, 0.15) is 5.56 Å². The highest BCUT2D eigenvalue weighted by Crippen LogP contribution is 2.37. The second-order valence-corrected chi connectivity index (χ2v) is 4.85. The van der Waals surface area contributed by atoms with Gasteiger partial charge in [-0.15, -0.1) is 0 Å². The maximum Gasteiger partial charge on any atom is 0.216 e. The minimum Gasteiger partial charge on any atom is -0.394 e. The second-order valence-electron chi connectivity index (χ2n) is 4.85. The molecule has 0 aliphatic carbocycles. The van der Waals surface area contributed by atoms with Gasteiger partial charge in [-0.25, -0.2) is 13.8 Å². The molecule has 0 radical (unpaired) electrons. The van der Waals surface area contributed by atoms with Crippen molar-refractivity contribution in [2.45, 2.75) is 18.4 Å². The highest BCUT2D eigenvalue weighted by Gasteiger charge is 2.45. The molecule has 112 valence electrons. The average molecular weight is 296 g/mol. The van der Waals surface area contributed by atoms with Gasteiger partial charge in [0.2, 0.25) is 5.79 Å². The first-order valence-electron chi connectivity index (χ1n) is 6.47. The third-order valence-corrected chi connectivity index (χ3v) is 3.35. The van der Waals surface area contributed by atoms with Gasteiger partial charge in [-0.05, 0) is 12.1 Å². The SMILES string of the molecule is OC[C@@H]1CO[C@@](Cn2ccnc2)(c2ccc(F)cc2F)O1. The molecular weight excluding hydrogens is 282 g/mol. The van der Waals surface area contributed by atoms with Crippen LogP contribution in [0, 0.1) is 11.6 Å². The number of benzene rings is 1. The molecule has 0 unspecified atom stereocenters. The number of rotatable bonds is 4. The van der Waals surface area contributed by atoms with Crippen molar-refractivity contribution in [1.29, 1.82) is 0 Å². The van der Waals surface area contributed by atoms with Gasteiger partial charge in [0.25, 0.3) is 0 Å². The molecule has 0 bridgehead atoms. The molecule has 5 nitrogen and oxygen atoms in total. The number of aromatic nitrogens is 2. The molecule has 7 heteroatoms. The Morgan fingerprint density at radius 1 is 1.43 bits per heavy atom. The molecule has 3 rings (SSSR count). The number of aliphatic hydroxyl groups excluding tert-OH is 1. The fraction of sp³-hybridized carbons (Fsp3) is 0.357. The summed E-state index contributed by atoms with van der Waals surface area (Å²) >= 11 is 0. The zero-order valence-electron chi connectivity index (χ0n) is 11.1. The quantitative estimate of drug-likeness (QED) is 0.927. The van der Waals surface area contributed by atoms with Crippen molar-refractivity contribution >= 4 is 0 Å². The Balaban J connectivity index is 1.99. The summed E-state index contributed by atoms with van der Waals surface area (Å²) in [5.74, 6) is -2.84. The van der Waals surface area contributed by atoms with Crippen LogP contribution >= 0.6 is 0 Å². The van der Waals surface area contributed by atoms with Crippen molar-refractivity contribution in [2.24, 2.45) is 0 Å². The largest absolute Gasteiger partial charge is 0.394 e. The Kier molecular flexibility index (Phi) is 3.71. The van der Waals surface area contributed by atoms with Gasteiger partial charge in [0, 0.05) is 24.0 Å². The van der Waals surface area contributed by atoms with Gasteiger partial charge in [0.1, 0.15) is 17.7 Å². The molecule has 0 spiro atoms. The van der Waals surface area contributed by atoms with Crippen LogP contribution in [0.3, 0.4) is 0 Å². The first-order valence-corrected chi connectivity index (χ1v) is 6.47. The van der Waals surface area contributed by atoms with Crippen molar-refractivity contribution in [2.75, 3.05) is 13.2 Å². The Bertz CT molecular complexity index is 621. The highest BCUT2D eigenvalue weighted by atomic mass is 19.1. The van der Waals surface area contributed by atoms with Crippen LogP contribution < -0.4 is 0 Å². The molecule has 2 aromatic rings. The molecule has 21 heavy (non-hydrogen) atoms. The minimum atomic E-state index is -1.41. The van der Waals surface area contributed by atoms with Crippen molar-refractivity contribution in [3.05, 3.63) is 54.1 Å². The van der Waals surface area contributed by atoms with E-state index in [1.165, 1.54) is 6.07 Å². The van der Waals surface area contributed by atoms with E-state index in [0.717, 1.165) is 12.1 Å². The Morgan fingerprint density at radius 3 is 2.90 bits per heavy atom. The number of ether oxygens (including phenoxy) is 2. The predicted molar refractivity (Wildman–Crippen MR) is 68.2 cm³/mol. The lowest BCUT2D eigenvalue weighted by Crippen LogP contribution is -2.34. The molecule has 1 fully saturated rings. The molecule has 2 heterocycles. The van der Waals surface area contributed by atoms with Crippen molar-refractivity contribution < 1.29 is 23.4 Å². The fourth-order valence-corrected chi connectivity index (χ4v) is 2.38. The van der Waals surface area contributed by atoms with Gasteiger partial charge in [-0.1, -0.05) is 0 Å². The van der Waals surface area contributed by atoms with Crippen molar-refractivity contribution in [3.63, 3.8) is 0 Å². The molecule has 0 amide bonds. The van der Waals surface area contributed by atoms with Crippen LogP contribution in [-0.2, 0) is 21.8 Å². The summed E-state index contributed by atoms with van der Waals surface area (Å²) < 4.78 is 40.2. The summed E-state index contributed by atoms with van der Waals surface area (Å²) in [6.07, 6.45) is 4.25. The summed E-state index contributed by atoms with van der Waals surface area (Å²) in [7, 11) is 0. The number of imidazole rings is 1. The molecule has 1 aromatic heterocycles. The van der Waals surface area contributed by atoms with E-state index in [2.05, 4.69) is 4.98 Å². The summed E-state index contributed by atoms with van der Waals surface area (Å²) in [6.45, 7) is 0.0303. The van der Waals surface area contributed by atoms with E-state index in [0.29, 0.717) is 0 Å². The Morgan fingerprint density at radius 2 is 2.29 bits per heavy atom. The van der Waals surface area contributed by atoms with Crippen LogP contribution in [0.15, 0.2) is 36.9 Å². The van der Waals surface area contributed by atoms with Crippen LogP contribution in [0.2, 0.25) is 0 Å². The van der Waals surface area contributed by atoms with E-state index in [1.54, 1.807) is 23.3 Å². The molecule has 1 aliphatic heterocycles. The van der Waals surface area contributed by atoms with Gasteiger partial charge >= 0.3 is 0 Å². The number of hydrogen-bond acceptors (Lipinski definition) is 4.